The van der Waals surface area contributed by atoms with Crippen molar-refractivity contribution in [3.05, 3.63) is 41.5 Å². The van der Waals surface area contributed by atoms with Gasteiger partial charge < -0.3 is 16.7 Å². The number of carbonyl (C=O) groups is 1. The molecule has 0 aliphatic heterocycles. The van der Waals surface area contributed by atoms with Crippen LogP contribution in [0.3, 0.4) is 0 Å². The van der Waals surface area contributed by atoms with Crippen molar-refractivity contribution in [1.82, 2.24) is 5.43 Å². The Labute approximate surface area is 122 Å². The lowest BCUT2D eigenvalue weighted by Crippen LogP contribution is -2.28. The van der Waals surface area contributed by atoms with E-state index in [4.69, 9.17) is 16.7 Å². The van der Waals surface area contributed by atoms with Gasteiger partial charge in [0.05, 0.1) is 12.6 Å². The second-order valence-corrected chi connectivity index (χ2v) is 3.55. The molecule has 0 saturated carbocycles. The highest BCUT2D eigenvalue weighted by atomic mass is 35.5. The van der Waals surface area contributed by atoms with E-state index in [-0.39, 0.29) is 24.8 Å². The summed E-state index contributed by atoms with van der Waals surface area (Å²) in [5, 5.41) is 15.5. The lowest BCUT2D eigenvalue weighted by molar-refractivity contribution is -0.135. The molecule has 1 rings (SSSR count). The first kappa shape index (κ1) is 17.5. The largest absolute Gasteiger partial charge is 0.481 e. The van der Waals surface area contributed by atoms with Crippen LogP contribution in [0.2, 0.25) is 0 Å². The summed E-state index contributed by atoms with van der Waals surface area (Å²) in [6.45, 7) is 0. The van der Waals surface area contributed by atoms with Crippen LogP contribution in [0.25, 0.3) is 6.08 Å². The van der Waals surface area contributed by atoms with Gasteiger partial charge in [0, 0.05) is 0 Å². The van der Waals surface area contributed by atoms with Crippen molar-refractivity contribution in [1.29, 1.82) is 0 Å². The van der Waals surface area contributed by atoms with Gasteiger partial charge in [-0.3, -0.25) is 4.79 Å². The van der Waals surface area contributed by atoms with Crippen molar-refractivity contribution in [3.63, 3.8) is 0 Å². The Kier molecular flexibility index (Phi) is 8.20. The summed E-state index contributed by atoms with van der Waals surface area (Å²) in [5.74, 6) is 4.08. The molecule has 0 aliphatic rings. The molecule has 108 valence electrons. The first-order valence-electron chi connectivity index (χ1n) is 5.42. The number of carboxylic acid groups (broad SMARTS) is 1. The number of aliphatic carboxylic acids is 1. The molecule has 0 aromatic heterocycles. The van der Waals surface area contributed by atoms with E-state index in [9.17, 15) is 4.79 Å². The normalized spacial score (nSPS) is 11.5. The number of hydrogen-bond acceptors (Lipinski definition) is 4. The zero-order chi connectivity index (χ0) is 14.1. The Hall–Kier alpha value is -2.54. The number of carboxylic acids is 1. The van der Waals surface area contributed by atoms with Gasteiger partial charge >= 0.3 is 5.97 Å². The minimum Gasteiger partial charge on any atom is -0.481 e. The molecule has 7 nitrogen and oxygen atoms in total. The first-order chi connectivity index (χ1) is 9.11. The number of nitrogens with two attached hydrogens (primary N) is 2. The summed E-state index contributed by atoms with van der Waals surface area (Å²) in [5.41, 5.74) is 9.48. The molecule has 0 heterocycles. The minimum absolute atomic E-state index is 0. The molecule has 8 heteroatoms. The quantitative estimate of drug-likeness (QED) is 0.275. The Bertz CT molecular complexity index is 511. The van der Waals surface area contributed by atoms with Crippen LogP contribution in [0, 0.1) is 0 Å². The third-order valence-corrected chi connectivity index (χ3v) is 2.07. The zero-order valence-corrected chi connectivity index (χ0v) is 11.4. The fourth-order valence-corrected chi connectivity index (χ4v) is 1.19. The van der Waals surface area contributed by atoms with E-state index in [1.807, 2.05) is 24.3 Å². The molecule has 0 amide bonds. The SMILES string of the molecule is Cl.NN=C(N)NN=Cc1ccc(C=CCC(=O)O)cc1. The lowest BCUT2D eigenvalue weighted by Gasteiger charge is -1.97. The molecule has 6 N–H and O–H groups in total. The van der Waals surface area contributed by atoms with Crippen LogP contribution in [-0.4, -0.2) is 23.2 Å². The molecular weight excluding hydrogens is 282 g/mol. The van der Waals surface area contributed by atoms with Gasteiger partial charge in [-0.25, -0.2) is 5.43 Å². The molecule has 1 aromatic carbocycles. The average molecular weight is 298 g/mol. The van der Waals surface area contributed by atoms with Crippen LogP contribution < -0.4 is 17.0 Å². The van der Waals surface area contributed by atoms with Gasteiger partial charge in [-0.05, 0) is 11.1 Å². The van der Waals surface area contributed by atoms with Crippen LogP contribution >= 0.6 is 12.4 Å². The second kappa shape index (κ2) is 9.40. The van der Waals surface area contributed by atoms with E-state index in [0.717, 1.165) is 11.1 Å². The van der Waals surface area contributed by atoms with Crippen molar-refractivity contribution < 1.29 is 9.90 Å². The van der Waals surface area contributed by atoms with E-state index in [1.165, 1.54) is 0 Å². The maximum atomic E-state index is 10.3. The van der Waals surface area contributed by atoms with Gasteiger partial charge in [0.25, 0.3) is 0 Å². The third-order valence-electron chi connectivity index (χ3n) is 2.07. The van der Waals surface area contributed by atoms with Gasteiger partial charge in [-0.1, -0.05) is 36.4 Å². The van der Waals surface area contributed by atoms with E-state index >= 15 is 0 Å². The van der Waals surface area contributed by atoms with Gasteiger partial charge in [0.2, 0.25) is 5.96 Å². The van der Waals surface area contributed by atoms with Crippen LogP contribution in [0.4, 0.5) is 0 Å². The summed E-state index contributed by atoms with van der Waals surface area (Å²) in [7, 11) is 0. The van der Waals surface area contributed by atoms with Crippen molar-refractivity contribution in [2.24, 2.45) is 21.8 Å². The maximum Gasteiger partial charge on any atom is 0.307 e. The van der Waals surface area contributed by atoms with Crippen LogP contribution in [0.15, 0.2) is 40.5 Å². The standard InChI is InChI=1S/C12H15N5O2.ClH/c13-12(16-14)17-15-8-10-6-4-9(5-7-10)2-1-3-11(18)19;/h1-2,4-8H,3,14H2,(H,18,19)(H3,13,16,17);1H. The molecule has 0 bridgehead atoms. The molecule has 0 saturated heterocycles. The molecule has 1 aromatic rings. The number of nitrogens with one attached hydrogen (secondary N) is 1. The number of nitrogens with zero attached hydrogens (tertiary/aromatic N) is 2. The van der Waals surface area contributed by atoms with E-state index in [2.05, 4.69) is 15.6 Å². The Morgan fingerprint density at radius 3 is 2.45 bits per heavy atom. The number of benzene rings is 1. The molecule has 20 heavy (non-hydrogen) atoms. The fourth-order valence-electron chi connectivity index (χ4n) is 1.19. The highest BCUT2D eigenvalue weighted by Crippen LogP contribution is 2.05. The molecule has 0 unspecified atom stereocenters. The molecular formula is C12H16ClN5O2. The number of hydrazone groups is 2. The number of hydrogen-bond donors (Lipinski definition) is 4. The van der Waals surface area contributed by atoms with E-state index in [1.54, 1.807) is 18.4 Å². The van der Waals surface area contributed by atoms with Gasteiger partial charge in [-0.2, -0.15) is 5.10 Å². The summed E-state index contributed by atoms with van der Waals surface area (Å²) < 4.78 is 0. The number of guanidine groups is 1. The van der Waals surface area contributed by atoms with E-state index in [0.29, 0.717) is 0 Å². The topological polar surface area (TPSA) is 126 Å². The third kappa shape index (κ3) is 7.02. The Morgan fingerprint density at radius 1 is 1.30 bits per heavy atom. The zero-order valence-electron chi connectivity index (χ0n) is 10.6. The van der Waals surface area contributed by atoms with Crippen LogP contribution in [0.1, 0.15) is 17.5 Å². The molecule has 0 spiro atoms. The molecule has 0 aliphatic carbocycles. The average Bonchev–Trinajstić information content (AvgIpc) is 2.40. The second-order valence-electron chi connectivity index (χ2n) is 3.55. The van der Waals surface area contributed by atoms with Crippen molar-refractivity contribution in [3.8, 4) is 0 Å². The minimum atomic E-state index is -0.856. The summed E-state index contributed by atoms with van der Waals surface area (Å²) >= 11 is 0. The Morgan fingerprint density at radius 2 is 1.90 bits per heavy atom. The van der Waals surface area contributed by atoms with E-state index < -0.39 is 5.97 Å². The number of halogens is 1. The monoisotopic (exact) mass is 297 g/mol. The first-order valence-corrected chi connectivity index (χ1v) is 5.42. The predicted molar refractivity (Wildman–Crippen MR) is 81.5 cm³/mol. The van der Waals surface area contributed by atoms with Gasteiger partial charge in [-0.15, -0.1) is 17.5 Å². The smallest absolute Gasteiger partial charge is 0.307 e. The fraction of sp³-hybridized carbons (Fsp3) is 0.0833. The lowest BCUT2D eigenvalue weighted by atomic mass is 10.1. The van der Waals surface area contributed by atoms with Crippen LogP contribution in [0.5, 0.6) is 0 Å². The van der Waals surface area contributed by atoms with Crippen molar-refractivity contribution in [2.45, 2.75) is 6.42 Å². The van der Waals surface area contributed by atoms with Crippen molar-refractivity contribution >= 4 is 36.6 Å². The van der Waals surface area contributed by atoms with Crippen molar-refractivity contribution in [2.75, 3.05) is 0 Å². The summed E-state index contributed by atoms with van der Waals surface area (Å²) in [6.07, 6.45) is 4.89. The number of rotatable bonds is 5. The van der Waals surface area contributed by atoms with Gasteiger partial charge in [0.1, 0.15) is 0 Å². The Balaban J connectivity index is 0.00000361. The predicted octanol–water partition coefficient (Wildman–Crippen LogP) is 0.708. The highest BCUT2D eigenvalue weighted by molar-refractivity contribution is 5.85. The molecule has 0 atom stereocenters. The van der Waals surface area contributed by atoms with Gasteiger partial charge in [0.15, 0.2) is 0 Å². The summed E-state index contributed by atoms with van der Waals surface area (Å²) in [4.78, 5) is 10.3. The molecule has 0 radical (unpaired) electrons. The highest BCUT2D eigenvalue weighted by Gasteiger charge is 1.92. The van der Waals surface area contributed by atoms with Crippen LogP contribution in [-0.2, 0) is 4.79 Å². The molecule has 0 fully saturated rings. The summed E-state index contributed by atoms with van der Waals surface area (Å²) in [6, 6.07) is 7.36. The maximum absolute atomic E-state index is 10.3.